The molecule has 1 heterocycles. The van der Waals surface area contributed by atoms with E-state index in [0.717, 1.165) is 11.1 Å². The molecule has 8 nitrogen and oxygen atoms in total. The van der Waals surface area contributed by atoms with Gasteiger partial charge in [0, 0.05) is 35.6 Å². The summed E-state index contributed by atoms with van der Waals surface area (Å²) in [6, 6.07) is 18.4. The molecule has 4 rings (SSSR count). The number of amides is 3. The number of urea groups is 1. The molecule has 0 saturated carbocycles. The first-order valence-electron chi connectivity index (χ1n) is 12.2. The minimum atomic E-state index is -0.659. The Balaban J connectivity index is 1.51. The van der Waals surface area contributed by atoms with Crippen molar-refractivity contribution in [3.8, 4) is 17.2 Å². The van der Waals surface area contributed by atoms with Crippen LogP contribution in [0.2, 0.25) is 0 Å². The van der Waals surface area contributed by atoms with Gasteiger partial charge in [0.1, 0.15) is 5.75 Å². The van der Waals surface area contributed by atoms with Gasteiger partial charge in [-0.15, -0.1) is 0 Å². The standard InChI is InChI=1S/C29H33N3O5/c1-18(2)20-9-11-23(12-10-20)30-29(34)31-24-13-14-25-22(15-24)17-32(28(33)19(3)37-25)16-21-7-6-8-26(35-4)27(21)36-5/h6-15,18-19H,16-17H2,1-5H3,(H2,30,31,34)/t19-/m0/s1. The van der Waals surface area contributed by atoms with Crippen molar-refractivity contribution in [1.29, 1.82) is 0 Å². The second-order valence-corrected chi connectivity index (χ2v) is 9.29. The molecule has 3 aromatic rings. The molecule has 0 aliphatic carbocycles. The number of nitrogens with one attached hydrogen (secondary N) is 2. The number of carbonyl (C=O) groups excluding carboxylic acids is 2. The molecule has 3 aromatic carbocycles. The fourth-order valence-corrected chi connectivity index (χ4v) is 4.34. The Hall–Kier alpha value is -4.20. The molecular weight excluding hydrogens is 470 g/mol. The molecule has 2 N–H and O–H groups in total. The highest BCUT2D eigenvalue weighted by Gasteiger charge is 2.29. The van der Waals surface area contributed by atoms with Gasteiger partial charge >= 0.3 is 6.03 Å². The molecule has 0 fully saturated rings. The number of ether oxygens (including phenoxy) is 3. The summed E-state index contributed by atoms with van der Waals surface area (Å²) in [5.41, 5.74) is 4.12. The van der Waals surface area contributed by atoms with Crippen molar-refractivity contribution in [3.05, 3.63) is 77.4 Å². The Morgan fingerprint density at radius 3 is 2.41 bits per heavy atom. The van der Waals surface area contributed by atoms with Crippen LogP contribution in [0.5, 0.6) is 17.2 Å². The molecule has 1 aliphatic rings. The van der Waals surface area contributed by atoms with Crippen LogP contribution in [0.25, 0.3) is 0 Å². The van der Waals surface area contributed by atoms with Gasteiger partial charge in [0.25, 0.3) is 5.91 Å². The number of hydrogen-bond donors (Lipinski definition) is 2. The predicted molar refractivity (Wildman–Crippen MR) is 144 cm³/mol. The molecule has 0 radical (unpaired) electrons. The Kier molecular flexibility index (Phi) is 7.86. The van der Waals surface area contributed by atoms with Crippen LogP contribution >= 0.6 is 0 Å². The summed E-state index contributed by atoms with van der Waals surface area (Å²) in [7, 11) is 3.16. The molecule has 194 valence electrons. The number of nitrogens with zero attached hydrogens (tertiary/aromatic N) is 1. The number of para-hydroxylation sites is 1. The van der Waals surface area contributed by atoms with Crippen molar-refractivity contribution >= 4 is 23.3 Å². The summed E-state index contributed by atoms with van der Waals surface area (Å²) in [4.78, 5) is 27.5. The lowest BCUT2D eigenvalue weighted by atomic mass is 10.0. The lowest BCUT2D eigenvalue weighted by Gasteiger charge is -2.24. The molecule has 3 amide bonds. The van der Waals surface area contributed by atoms with Gasteiger partial charge in [0.05, 0.1) is 14.2 Å². The maximum Gasteiger partial charge on any atom is 0.323 e. The van der Waals surface area contributed by atoms with Crippen molar-refractivity contribution in [1.82, 2.24) is 4.90 Å². The molecule has 1 aliphatic heterocycles. The Morgan fingerprint density at radius 1 is 1.03 bits per heavy atom. The van der Waals surface area contributed by atoms with Crippen LogP contribution in [-0.2, 0) is 17.9 Å². The third-order valence-electron chi connectivity index (χ3n) is 6.32. The molecule has 8 heteroatoms. The molecule has 0 saturated heterocycles. The van der Waals surface area contributed by atoms with E-state index >= 15 is 0 Å². The van der Waals surface area contributed by atoms with Crippen molar-refractivity contribution in [3.63, 3.8) is 0 Å². The van der Waals surface area contributed by atoms with Crippen molar-refractivity contribution in [2.75, 3.05) is 24.9 Å². The number of methoxy groups -OCH3 is 2. The normalized spacial score (nSPS) is 14.9. The van der Waals surface area contributed by atoms with Gasteiger partial charge in [0.15, 0.2) is 17.6 Å². The average Bonchev–Trinajstić information content (AvgIpc) is 2.99. The number of rotatable bonds is 7. The third-order valence-corrected chi connectivity index (χ3v) is 6.32. The fourth-order valence-electron chi connectivity index (χ4n) is 4.34. The van der Waals surface area contributed by atoms with Gasteiger partial charge < -0.3 is 29.7 Å². The summed E-state index contributed by atoms with van der Waals surface area (Å²) < 4.78 is 16.9. The van der Waals surface area contributed by atoms with E-state index in [1.54, 1.807) is 38.2 Å². The van der Waals surface area contributed by atoms with Crippen LogP contribution in [0, 0.1) is 0 Å². The number of hydrogen-bond acceptors (Lipinski definition) is 5. The highest BCUT2D eigenvalue weighted by Crippen LogP contribution is 2.34. The second kappa shape index (κ2) is 11.2. The van der Waals surface area contributed by atoms with Crippen molar-refractivity contribution in [2.24, 2.45) is 0 Å². The maximum absolute atomic E-state index is 13.2. The highest BCUT2D eigenvalue weighted by molar-refractivity contribution is 5.99. The van der Waals surface area contributed by atoms with Crippen LogP contribution in [0.15, 0.2) is 60.7 Å². The van der Waals surface area contributed by atoms with Crippen LogP contribution in [-0.4, -0.2) is 37.2 Å². The first-order valence-corrected chi connectivity index (χ1v) is 12.2. The van der Waals surface area contributed by atoms with Gasteiger partial charge in [-0.1, -0.05) is 38.1 Å². The van der Waals surface area contributed by atoms with E-state index in [1.165, 1.54) is 5.56 Å². The van der Waals surface area contributed by atoms with Crippen molar-refractivity contribution < 1.29 is 23.8 Å². The molecule has 0 bridgehead atoms. The molecule has 0 aromatic heterocycles. The van der Waals surface area contributed by atoms with E-state index < -0.39 is 6.10 Å². The lowest BCUT2D eigenvalue weighted by Crippen LogP contribution is -2.37. The summed E-state index contributed by atoms with van der Waals surface area (Å²) >= 11 is 0. The second-order valence-electron chi connectivity index (χ2n) is 9.29. The average molecular weight is 504 g/mol. The fraction of sp³-hybridized carbons (Fsp3) is 0.310. The number of carbonyl (C=O) groups is 2. The smallest absolute Gasteiger partial charge is 0.323 e. The van der Waals surface area contributed by atoms with Gasteiger partial charge in [-0.25, -0.2) is 4.79 Å². The highest BCUT2D eigenvalue weighted by atomic mass is 16.5. The quantitative estimate of drug-likeness (QED) is 0.427. The molecule has 1 atom stereocenters. The Bertz CT molecular complexity index is 1270. The summed E-state index contributed by atoms with van der Waals surface area (Å²) in [6.07, 6.45) is -0.659. The van der Waals surface area contributed by atoms with E-state index in [2.05, 4.69) is 24.5 Å². The first-order chi connectivity index (χ1) is 17.8. The van der Waals surface area contributed by atoms with E-state index in [1.807, 2.05) is 48.5 Å². The van der Waals surface area contributed by atoms with E-state index in [0.29, 0.717) is 47.6 Å². The third kappa shape index (κ3) is 5.97. The molecule has 0 unspecified atom stereocenters. The predicted octanol–water partition coefficient (Wildman–Crippen LogP) is 5.78. The zero-order chi connectivity index (χ0) is 26.5. The molecule has 0 spiro atoms. The maximum atomic E-state index is 13.2. The van der Waals surface area contributed by atoms with Gasteiger partial charge in [-0.3, -0.25) is 4.79 Å². The summed E-state index contributed by atoms with van der Waals surface area (Å²) in [5, 5.41) is 5.73. The van der Waals surface area contributed by atoms with Crippen LogP contribution < -0.4 is 24.8 Å². The topological polar surface area (TPSA) is 89.1 Å². The minimum absolute atomic E-state index is 0.141. The summed E-state index contributed by atoms with van der Waals surface area (Å²) in [5.74, 6) is 2.07. The minimum Gasteiger partial charge on any atom is -0.493 e. The van der Waals surface area contributed by atoms with Crippen LogP contribution in [0.1, 0.15) is 43.4 Å². The van der Waals surface area contributed by atoms with Crippen molar-refractivity contribution in [2.45, 2.75) is 45.9 Å². The lowest BCUT2D eigenvalue weighted by molar-refractivity contribution is -0.138. The zero-order valence-electron chi connectivity index (χ0n) is 21.8. The summed E-state index contributed by atoms with van der Waals surface area (Å²) in [6.45, 7) is 6.61. The largest absolute Gasteiger partial charge is 0.493 e. The number of fused-ring (bicyclic) bond motifs is 1. The monoisotopic (exact) mass is 503 g/mol. The van der Waals surface area contributed by atoms with Gasteiger partial charge in [-0.2, -0.15) is 0 Å². The van der Waals surface area contributed by atoms with E-state index in [-0.39, 0.29) is 11.9 Å². The van der Waals surface area contributed by atoms with Crippen LogP contribution in [0.4, 0.5) is 16.2 Å². The van der Waals surface area contributed by atoms with E-state index in [4.69, 9.17) is 14.2 Å². The SMILES string of the molecule is COc1cccc(CN2Cc3cc(NC(=O)Nc4ccc(C(C)C)cc4)ccc3O[C@@H](C)C2=O)c1OC. The Morgan fingerprint density at radius 2 is 1.73 bits per heavy atom. The van der Waals surface area contributed by atoms with Gasteiger partial charge in [-0.05, 0) is 54.8 Å². The zero-order valence-corrected chi connectivity index (χ0v) is 21.8. The molecule has 37 heavy (non-hydrogen) atoms. The number of benzene rings is 3. The number of anilines is 2. The molecular formula is C29H33N3O5. The van der Waals surface area contributed by atoms with Crippen LogP contribution in [0.3, 0.4) is 0 Å². The van der Waals surface area contributed by atoms with Gasteiger partial charge in [0.2, 0.25) is 0 Å². The Labute approximate surface area is 217 Å². The van der Waals surface area contributed by atoms with E-state index in [9.17, 15) is 9.59 Å². The first kappa shape index (κ1) is 25.9.